The SMILES string of the molecule is CC(ON)c1cc(C(C)(C)C)nn1C. The van der Waals surface area contributed by atoms with E-state index >= 15 is 0 Å². The van der Waals surface area contributed by atoms with Gasteiger partial charge in [0.25, 0.3) is 0 Å². The Balaban J connectivity index is 3.05. The third kappa shape index (κ3) is 2.13. The summed E-state index contributed by atoms with van der Waals surface area (Å²) in [4.78, 5) is 4.78. The van der Waals surface area contributed by atoms with Gasteiger partial charge < -0.3 is 0 Å². The van der Waals surface area contributed by atoms with E-state index in [2.05, 4.69) is 25.9 Å². The molecule has 1 unspecified atom stereocenters. The highest BCUT2D eigenvalue weighted by Crippen LogP contribution is 2.24. The van der Waals surface area contributed by atoms with E-state index in [0.29, 0.717) is 0 Å². The molecular formula is C10H19N3O. The van der Waals surface area contributed by atoms with Crippen LogP contribution in [0.5, 0.6) is 0 Å². The summed E-state index contributed by atoms with van der Waals surface area (Å²) in [7, 11) is 1.90. The van der Waals surface area contributed by atoms with Gasteiger partial charge in [0.2, 0.25) is 0 Å². The first kappa shape index (κ1) is 11.2. The summed E-state index contributed by atoms with van der Waals surface area (Å²) in [6.07, 6.45) is -0.122. The summed E-state index contributed by atoms with van der Waals surface area (Å²) in [5.41, 5.74) is 2.11. The van der Waals surface area contributed by atoms with Crippen LogP contribution in [-0.2, 0) is 17.3 Å². The zero-order valence-corrected chi connectivity index (χ0v) is 9.53. The fourth-order valence-electron chi connectivity index (χ4n) is 1.30. The molecular weight excluding hydrogens is 178 g/mol. The van der Waals surface area contributed by atoms with Crippen LogP contribution in [0.4, 0.5) is 0 Å². The largest absolute Gasteiger partial charge is 0.295 e. The van der Waals surface area contributed by atoms with Crippen LogP contribution in [0, 0.1) is 0 Å². The molecule has 1 aromatic rings. The van der Waals surface area contributed by atoms with E-state index < -0.39 is 0 Å². The van der Waals surface area contributed by atoms with Crippen molar-refractivity contribution in [2.75, 3.05) is 0 Å². The first-order valence-corrected chi connectivity index (χ1v) is 4.76. The molecule has 0 aliphatic heterocycles. The smallest absolute Gasteiger partial charge is 0.117 e. The van der Waals surface area contributed by atoms with Crippen LogP contribution in [0.1, 0.15) is 45.2 Å². The zero-order chi connectivity index (χ0) is 10.9. The van der Waals surface area contributed by atoms with Gasteiger partial charge in [-0.05, 0) is 13.0 Å². The minimum absolute atomic E-state index is 0.0598. The van der Waals surface area contributed by atoms with Gasteiger partial charge in [-0.1, -0.05) is 20.8 Å². The van der Waals surface area contributed by atoms with E-state index in [1.165, 1.54) is 0 Å². The first-order chi connectivity index (χ1) is 6.36. The van der Waals surface area contributed by atoms with Crippen molar-refractivity contribution in [3.8, 4) is 0 Å². The second-order valence-corrected chi connectivity index (χ2v) is 4.61. The van der Waals surface area contributed by atoms with Crippen molar-refractivity contribution in [2.45, 2.75) is 39.2 Å². The molecule has 0 fully saturated rings. The normalized spacial score (nSPS) is 14.4. The maximum absolute atomic E-state index is 5.15. The molecule has 0 bridgehead atoms. The maximum Gasteiger partial charge on any atom is 0.117 e. The molecule has 4 nitrogen and oxygen atoms in total. The van der Waals surface area contributed by atoms with Crippen molar-refractivity contribution >= 4 is 0 Å². The van der Waals surface area contributed by atoms with Gasteiger partial charge in [-0.3, -0.25) is 9.52 Å². The van der Waals surface area contributed by atoms with E-state index in [9.17, 15) is 0 Å². The third-order valence-corrected chi connectivity index (χ3v) is 2.31. The van der Waals surface area contributed by atoms with Gasteiger partial charge in [-0.25, -0.2) is 5.90 Å². The molecule has 0 aliphatic rings. The third-order valence-electron chi connectivity index (χ3n) is 2.31. The second kappa shape index (κ2) is 3.71. The van der Waals surface area contributed by atoms with Gasteiger partial charge in [0.1, 0.15) is 6.10 Å². The lowest BCUT2D eigenvalue weighted by molar-refractivity contribution is 0.0607. The molecule has 1 rings (SSSR count). The molecule has 0 saturated heterocycles. The van der Waals surface area contributed by atoms with Crippen LogP contribution < -0.4 is 5.90 Å². The predicted molar refractivity (Wildman–Crippen MR) is 55.6 cm³/mol. The van der Waals surface area contributed by atoms with Crippen LogP contribution in [0.2, 0.25) is 0 Å². The molecule has 80 valence electrons. The maximum atomic E-state index is 5.15. The number of rotatable bonds is 2. The van der Waals surface area contributed by atoms with E-state index in [1.54, 1.807) is 0 Å². The van der Waals surface area contributed by atoms with E-state index in [4.69, 9.17) is 10.7 Å². The second-order valence-electron chi connectivity index (χ2n) is 4.61. The number of aryl methyl sites for hydroxylation is 1. The molecule has 4 heteroatoms. The molecule has 0 aliphatic carbocycles. The van der Waals surface area contributed by atoms with Crippen LogP contribution in [0.25, 0.3) is 0 Å². The highest BCUT2D eigenvalue weighted by Gasteiger charge is 2.20. The molecule has 14 heavy (non-hydrogen) atoms. The van der Waals surface area contributed by atoms with Crippen LogP contribution in [0.15, 0.2) is 6.07 Å². The van der Waals surface area contributed by atoms with Crippen molar-refractivity contribution < 1.29 is 4.84 Å². The van der Waals surface area contributed by atoms with E-state index in [1.807, 2.05) is 24.7 Å². The highest BCUT2D eigenvalue weighted by molar-refractivity contribution is 5.18. The average Bonchev–Trinajstić information content (AvgIpc) is 2.45. The van der Waals surface area contributed by atoms with E-state index in [0.717, 1.165) is 11.4 Å². The Morgan fingerprint density at radius 2 is 2.07 bits per heavy atom. The average molecular weight is 197 g/mol. The predicted octanol–water partition coefficient (Wildman–Crippen LogP) is 1.67. The Labute approximate surface area is 85.0 Å². The van der Waals surface area contributed by atoms with Crippen molar-refractivity contribution in [3.05, 3.63) is 17.5 Å². The Kier molecular flexibility index (Phi) is 2.97. The fourth-order valence-corrected chi connectivity index (χ4v) is 1.30. The van der Waals surface area contributed by atoms with Crippen molar-refractivity contribution in [3.63, 3.8) is 0 Å². The lowest BCUT2D eigenvalue weighted by atomic mass is 9.92. The lowest BCUT2D eigenvalue weighted by Crippen LogP contribution is -2.12. The molecule has 0 aromatic carbocycles. The van der Waals surface area contributed by atoms with E-state index in [-0.39, 0.29) is 11.5 Å². The summed E-state index contributed by atoms with van der Waals surface area (Å²) < 4.78 is 1.82. The molecule has 0 spiro atoms. The van der Waals surface area contributed by atoms with Gasteiger partial charge in [0.15, 0.2) is 0 Å². The van der Waals surface area contributed by atoms with Crippen LogP contribution in [0.3, 0.4) is 0 Å². The number of nitrogens with zero attached hydrogens (tertiary/aromatic N) is 2. The summed E-state index contributed by atoms with van der Waals surface area (Å²) in [5.74, 6) is 5.15. The molecule has 0 radical (unpaired) electrons. The number of hydrogen-bond donors (Lipinski definition) is 1. The highest BCUT2D eigenvalue weighted by atomic mass is 16.6. The van der Waals surface area contributed by atoms with Crippen LogP contribution >= 0.6 is 0 Å². The summed E-state index contributed by atoms with van der Waals surface area (Å²) in [6.45, 7) is 8.30. The summed E-state index contributed by atoms with van der Waals surface area (Å²) in [5, 5.41) is 4.43. The van der Waals surface area contributed by atoms with Crippen molar-refractivity contribution in [1.82, 2.24) is 9.78 Å². The van der Waals surface area contributed by atoms with Gasteiger partial charge in [0, 0.05) is 12.5 Å². The standard InChI is InChI=1S/C10H19N3O/c1-7(14-11)8-6-9(10(2,3)4)12-13(8)5/h6-7H,11H2,1-5H3. The Bertz CT molecular complexity index is 312. The van der Waals surface area contributed by atoms with Gasteiger partial charge in [-0.15, -0.1) is 0 Å². The minimum atomic E-state index is -0.122. The summed E-state index contributed by atoms with van der Waals surface area (Å²) in [6, 6.07) is 2.04. The monoisotopic (exact) mass is 197 g/mol. The number of nitrogens with two attached hydrogens (primary N) is 1. The molecule has 1 atom stereocenters. The number of aromatic nitrogens is 2. The van der Waals surface area contributed by atoms with Crippen molar-refractivity contribution in [1.29, 1.82) is 0 Å². The van der Waals surface area contributed by atoms with Gasteiger partial charge in [0.05, 0.1) is 11.4 Å². The van der Waals surface area contributed by atoms with Gasteiger partial charge in [-0.2, -0.15) is 5.10 Å². The van der Waals surface area contributed by atoms with Crippen molar-refractivity contribution in [2.24, 2.45) is 12.9 Å². The number of hydrogen-bond acceptors (Lipinski definition) is 3. The Morgan fingerprint density at radius 1 is 1.50 bits per heavy atom. The molecule has 0 amide bonds. The quantitative estimate of drug-likeness (QED) is 0.734. The fraction of sp³-hybridized carbons (Fsp3) is 0.700. The van der Waals surface area contributed by atoms with Crippen LogP contribution in [-0.4, -0.2) is 9.78 Å². The zero-order valence-electron chi connectivity index (χ0n) is 9.53. The molecule has 0 saturated carbocycles. The topological polar surface area (TPSA) is 53.1 Å². The Morgan fingerprint density at radius 3 is 2.43 bits per heavy atom. The summed E-state index contributed by atoms with van der Waals surface area (Å²) >= 11 is 0. The Hall–Kier alpha value is -0.870. The van der Waals surface area contributed by atoms with Gasteiger partial charge >= 0.3 is 0 Å². The first-order valence-electron chi connectivity index (χ1n) is 4.76. The molecule has 1 heterocycles. The minimum Gasteiger partial charge on any atom is -0.295 e. The molecule has 1 aromatic heterocycles. The molecule has 2 N–H and O–H groups in total. The lowest BCUT2D eigenvalue weighted by Gasteiger charge is -2.13.